The Hall–Kier alpha value is -3.59. The van der Waals surface area contributed by atoms with Crippen LogP contribution in [0.5, 0.6) is 5.75 Å². The number of aromatic nitrogens is 4. The second-order valence-electron chi connectivity index (χ2n) is 8.47. The van der Waals surface area contributed by atoms with Crippen molar-refractivity contribution >= 4 is 11.6 Å². The minimum absolute atomic E-state index is 0.0739. The molecule has 0 saturated carbocycles. The maximum atomic E-state index is 13.0. The molecule has 1 fully saturated rings. The molecule has 34 heavy (non-hydrogen) atoms. The smallest absolute Gasteiger partial charge is 0.387 e. The van der Waals surface area contributed by atoms with Gasteiger partial charge in [0.2, 0.25) is 5.95 Å². The van der Waals surface area contributed by atoms with E-state index in [0.29, 0.717) is 19.2 Å². The topological polar surface area (TPSA) is 64.8 Å². The van der Waals surface area contributed by atoms with Crippen LogP contribution >= 0.6 is 0 Å². The van der Waals surface area contributed by atoms with Gasteiger partial charge in [-0.15, -0.1) is 0 Å². The van der Waals surface area contributed by atoms with Crippen LogP contribution in [0.3, 0.4) is 0 Å². The molecule has 4 heterocycles. The Balaban J connectivity index is 1.36. The number of fused-ring (bicyclic) bond motifs is 3. The van der Waals surface area contributed by atoms with Crippen molar-refractivity contribution in [2.24, 2.45) is 0 Å². The number of pyridine rings is 1. The molecule has 174 valence electrons. The van der Waals surface area contributed by atoms with Crippen LogP contribution in [0.1, 0.15) is 29.3 Å². The predicted molar refractivity (Wildman–Crippen MR) is 122 cm³/mol. The highest BCUT2D eigenvalue weighted by Gasteiger charge is 2.31. The van der Waals surface area contributed by atoms with E-state index in [1.54, 1.807) is 12.1 Å². The molecule has 1 aliphatic heterocycles. The first-order chi connectivity index (χ1) is 16.7. The summed E-state index contributed by atoms with van der Waals surface area (Å²) in [6, 6.07) is 11.0. The number of anilines is 1. The lowest BCUT2D eigenvalue weighted by Gasteiger charge is -2.26. The predicted octanol–water partition coefficient (Wildman–Crippen LogP) is 4.31. The minimum atomic E-state index is -2.86. The molecular formula is C25H23F2N5O2. The minimum Gasteiger partial charge on any atom is -0.435 e. The van der Waals surface area contributed by atoms with E-state index in [2.05, 4.69) is 19.3 Å². The lowest BCUT2D eigenvalue weighted by molar-refractivity contribution is -0.0505. The highest BCUT2D eigenvalue weighted by atomic mass is 19.3. The van der Waals surface area contributed by atoms with Gasteiger partial charge in [0, 0.05) is 54.3 Å². The van der Waals surface area contributed by atoms with Gasteiger partial charge in [-0.05, 0) is 31.0 Å². The van der Waals surface area contributed by atoms with Gasteiger partial charge in [-0.25, -0.2) is 15.0 Å². The molecule has 0 amide bonds. The third kappa shape index (κ3) is 3.75. The molecule has 0 unspecified atom stereocenters. The summed E-state index contributed by atoms with van der Waals surface area (Å²) >= 11 is 0. The summed E-state index contributed by atoms with van der Waals surface area (Å²) in [6.07, 6.45) is 7.28. The quantitative estimate of drug-likeness (QED) is 0.440. The van der Waals surface area contributed by atoms with Crippen LogP contribution in [0.2, 0.25) is 0 Å². The summed E-state index contributed by atoms with van der Waals surface area (Å²) in [5.41, 5.74) is 5.46. The Morgan fingerprint density at radius 3 is 2.59 bits per heavy atom. The van der Waals surface area contributed by atoms with Gasteiger partial charge in [0.25, 0.3) is 0 Å². The number of aryl methyl sites for hydroxylation is 1. The first kappa shape index (κ1) is 21.0. The van der Waals surface area contributed by atoms with Crippen LogP contribution in [0, 0.1) is 0 Å². The second-order valence-corrected chi connectivity index (χ2v) is 8.47. The molecule has 0 spiro atoms. The van der Waals surface area contributed by atoms with Crippen molar-refractivity contribution in [1.82, 2.24) is 19.4 Å². The molecule has 3 aromatic heterocycles. The van der Waals surface area contributed by atoms with Crippen LogP contribution in [0.25, 0.3) is 16.8 Å². The summed E-state index contributed by atoms with van der Waals surface area (Å²) in [5.74, 6) is 0.844. The van der Waals surface area contributed by atoms with Crippen molar-refractivity contribution < 1.29 is 18.3 Å². The van der Waals surface area contributed by atoms with Crippen LogP contribution in [-0.4, -0.2) is 52.3 Å². The van der Waals surface area contributed by atoms with Gasteiger partial charge in [0.1, 0.15) is 11.4 Å². The van der Waals surface area contributed by atoms with Crippen molar-refractivity contribution in [3.05, 3.63) is 71.9 Å². The standard InChI is InChI=1S/C25H23F2N5O2/c26-24(27)34-21-4-2-1-3-18(21)19-6-7-20-23(19)32-15-16(5-8-22(32)30-20)17-13-28-25(29-14-17)31-9-11-33-12-10-31/h1-5,8,13-15,19,24H,6-7,9-12H2/t19-/m1/s1. The van der Waals surface area contributed by atoms with E-state index in [1.807, 2.05) is 42.9 Å². The van der Waals surface area contributed by atoms with Gasteiger partial charge in [-0.1, -0.05) is 18.2 Å². The van der Waals surface area contributed by atoms with Crippen LogP contribution in [0.15, 0.2) is 55.0 Å². The zero-order valence-corrected chi connectivity index (χ0v) is 18.4. The monoisotopic (exact) mass is 463 g/mol. The average molecular weight is 463 g/mol. The first-order valence-electron chi connectivity index (χ1n) is 11.4. The number of ether oxygens (including phenoxy) is 2. The van der Waals surface area contributed by atoms with Crippen molar-refractivity contribution in [2.45, 2.75) is 25.4 Å². The van der Waals surface area contributed by atoms with E-state index >= 15 is 0 Å². The summed E-state index contributed by atoms with van der Waals surface area (Å²) < 4.78 is 38.3. The van der Waals surface area contributed by atoms with Crippen LogP contribution in [0.4, 0.5) is 14.7 Å². The second kappa shape index (κ2) is 8.64. The summed E-state index contributed by atoms with van der Waals surface area (Å²) in [7, 11) is 0. The van der Waals surface area contributed by atoms with Gasteiger partial charge in [0.05, 0.1) is 24.6 Å². The molecule has 1 aromatic carbocycles. The number of para-hydroxylation sites is 1. The Morgan fingerprint density at radius 1 is 1.00 bits per heavy atom. The molecule has 0 radical (unpaired) electrons. The molecule has 2 aliphatic rings. The zero-order chi connectivity index (χ0) is 23.1. The normalized spacial score (nSPS) is 18.0. The van der Waals surface area contributed by atoms with Gasteiger partial charge < -0.3 is 18.8 Å². The number of benzene rings is 1. The molecule has 1 aliphatic carbocycles. The van der Waals surface area contributed by atoms with Gasteiger partial charge in [-0.3, -0.25) is 0 Å². The molecule has 0 N–H and O–H groups in total. The van der Waals surface area contributed by atoms with Crippen molar-refractivity contribution in [3.8, 4) is 16.9 Å². The number of halogens is 2. The number of hydrogen-bond donors (Lipinski definition) is 0. The average Bonchev–Trinajstić information content (AvgIpc) is 3.44. The van der Waals surface area contributed by atoms with E-state index in [-0.39, 0.29) is 11.7 Å². The number of imidazole rings is 1. The first-order valence-corrected chi connectivity index (χ1v) is 11.4. The molecule has 1 atom stereocenters. The number of rotatable bonds is 5. The molecule has 9 heteroatoms. The molecule has 6 rings (SSSR count). The van der Waals surface area contributed by atoms with E-state index < -0.39 is 6.61 Å². The SMILES string of the molecule is FC(F)Oc1ccccc1[C@H]1CCc2nc3ccc(-c4cnc(N5CCOCC5)nc4)cn3c21. The molecular weight excluding hydrogens is 440 g/mol. The van der Waals surface area contributed by atoms with Gasteiger partial charge >= 0.3 is 6.61 Å². The van der Waals surface area contributed by atoms with E-state index in [9.17, 15) is 8.78 Å². The Morgan fingerprint density at radius 2 is 1.79 bits per heavy atom. The highest BCUT2D eigenvalue weighted by Crippen LogP contribution is 2.42. The number of hydrogen-bond acceptors (Lipinski definition) is 6. The van der Waals surface area contributed by atoms with Gasteiger partial charge in [-0.2, -0.15) is 8.78 Å². The fraction of sp³-hybridized carbons (Fsp3) is 0.320. The number of nitrogens with zero attached hydrogens (tertiary/aromatic N) is 5. The lowest BCUT2D eigenvalue weighted by Crippen LogP contribution is -2.37. The summed E-state index contributed by atoms with van der Waals surface area (Å²) in [5, 5.41) is 0. The molecule has 7 nitrogen and oxygen atoms in total. The highest BCUT2D eigenvalue weighted by molar-refractivity contribution is 5.65. The third-order valence-corrected chi connectivity index (χ3v) is 6.51. The molecule has 4 aromatic rings. The number of morpholine rings is 1. The Labute approximate surface area is 195 Å². The van der Waals surface area contributed by atoms with Crippen molar-refractivity contribution in [1.29, 1.82) is 0 Å². The fourth-order valence-corrected chi connectivity index (χ4v) is 4.92. The zero-order valence-electron chi connectivity index (χ0n) is 18.4. The van der Waals surface area contributed by atoms with Crippen molar-refractivity contribution in [3.63, 3.8) is 0 Å². The van der Waals surface area contributed by atoms with E-state index in [4.69, 9.17) is 14.5 Å². The molecule has 0 bridgehead atoms. The third-order valence-electron chi connectivity index (χ3n) is 6.51. The Kier molecular flexibility index (Phi) is 5.33. The van der Waals surface area contributed by atoms with Crippen LogP contribution < -0.4 is 9.64 Å². The van der Waals surface area contributed by atoms with E-state index in [0.717, 1.165) is 59.7 Å². The number of alkyl halides is 2. The Bertz CT molecular complexity index is 1320. The lowest BCUT2D eigenvalue weighted by atomic mass is 9.95. The maximum Gasteiger partial charge on any atom is 0.387 e. The van der Waals surface area contributed by atoms with Gasteiger partial charge in [0.15, 0.2) is 0 Å². The fourth-order valence-electron chi connectivity index (χ4n) is 4.92. The van der Waals surface area contributed by atoms with Crippen LogP contribution in [-0.2, 0) is 11.2 Å². The largest absolute Gasteiger partial charge is 0.435 e. The van der Waals surface area contributed by atoms with E-state index in [1.165, 1.54) is 0 Å². The maximum absolute atomic E-state index is 13.0. The molecule has 1 saturated heterocycles. The summed E-state index contributed by atoms with van der Waals surface area (Å²) in [6.45, 7) is 0.0616. The summed E-state index contributed by atoms with van der Waals surface area (Å²) in [4.78, 5) is 16.0. The van der Waals surface area contributed by atoms with Crippen molar-refractivity contribution in [2.75, 3.05) is 31.2 Å².